The molecule has 24 heavy (non-hydrogen) atoms. The van der Waals surface area contributed by atoms with Gasteiger partial charge in [0.25, 0.3) is 0 Å². The summed E-state index contributed by atoms with van der Waals surface area (Å²) in [4.78, 5) is 18.1. The van der Waals surface area contributed by atoms with Gasteiger partial charge in [-0.25, -0.2) is 4.79 Å². The second kappa shape index (κ2) is 6.93. The Bertz CT molecular complexity index is 963. The number of hydrogen-bond donors (Lipinski definition) is 0. The van der Waals surface area contributed by atoms with Gasteiger partial charge in [0.05, 0.1) is 21.2 Å². The van der Waals surface area contributed by atoms with Crippen molar-refractivity contribution in [3.05, 3.63) is 68.5 Å². The third-order valence-electron chi connectivity index (χ3n) is 3.59. The van der Waals surface area contributed by atoms with Crippen LogP contribution in [0.25, 0.3) is 10.1 Å². The van der Waals surface area contributed by atoms with Crippen molar-refractivity contribution in [2.24, 2.45) is 5.16 Å². The Morgan fingerprint density at radius 3 is 2.67 bits per heavy atom. The third kappa shape index (κ3) is 3.31. The predicted octanol–water partition coefficient (Wildman–Crippen LogP) is 6.10. The van der Waals surface area contributed by atoms with Crippen LogP contribution in [0.1, 0.15) is 27.7 Å². The fourth-order valence-electron chi connectivity index (χ4n) is 2.37. The maximum absolute atomic E-state index is 12.1. The molecule has 0 saturated carbocycles. The smallest absolute Gasteiger partial charge is 0.312 e. The van der Waals surface area contributed by atoms with E-state index in [2.05, 4.69) is 5.16 Å². The molecule has 0 aliphatic heterocycles. The van der Waals surface area contributed by atoms with Crippen LogP contribution in [0.2, 0.25) is 10.0 Å². The molecule has 1 aromatic heterocycles. The van der Waals surface area contributed by atoms with E-state index in [-0.39, 0.29) is 5.56 Å². The number of hydrogen-bond acceptors (Lipinski definition) is 4. The van der Waals surface area contributed by atoms with E-state index >= 15 is 0 Å². The number of oxime groups is 1. The van der Waals surface area contributed by atoms with Crippen molar-refractivity contribution >= 4 is 56.3 Å². The highest BCUT2D eigenvalue weighted by Gasteiger charge is 2.14. The standard InChI is InChI=1S/C18H13Cl2NO2S/c1-10-14-9-12(19)7-8-16(14)24-17(10)11(2)21-23-18(22)13-5-3-4-6-15(13)20/h3-9H,1-2H3/b21-11+. The first kappa shape index (κ1) is 17.0. The summed E-state index contributed by atoms with van der Waals surface area (Å²) in [5.74, 6) is -0.582. The van der Waals surface area contributed by atoms with Crippen molar-refractivity contribution < 1.29 is 9.63 Å². The first-order chi connectivity index (χ1) is 11.5. The van der Waals surface area contributed by atoms with Crippen LogP contribution in [-0.4, -0.2) is 11.7 Å². The van der Waals surface area contributed by atoms with Crippen molar-refractivity contribution in [2.45, 2.75) is 13.8 Å². The number of carbonyl (C=O) groups is 1. The van der Waals surface area contributed by atoms with E-state index in [0.29, 0.717) is 15.8 Å². The normalized spacial score (nSPS) is 11.8. The van der Waals surface area contributed by atoms with Gasteiger partial charge in [0.15, 0.2) is 0 Å². The quantitative estimate of drug-likeness (QED) is 0.314. The fourth-order valence-corrected chi connectivity index (χ4v) is 3.88. The molecule has 2 aromatic carbocycles. The molecule has 0 fully saturated rings. The molecule has 0 atom stereocenters. The van der Waals surface area contributed by atoms with Crippen LogP contribution in [0.15, 0.2) is 47.6 Å². The summed E-state index contributed by atoms with van der Waals surface area (Å²) in [7, 11) is 0. The SMILES string of the molecule is C/C(=N\OC(=O)c1ccccc1Cl)c1sc2ccc(Cl)cc2c1C. The highest BCUT2D eigenvalue weighted by Crippen LogP contribution is 2.33. The minimum Gasteiger partial charge on any atom is -0.312 e. The van der Waals surface area contributed by atoms with Crippen molar-refractivity contribution in [1.29, 1.82) is 0 Å². The number of halogens is 2. The molecule has 0 radical (unpaired) electrons. The van der Waals surface area contributed by atoms with Crippen LogP contribution in [0.3, 0.4) is 0 Å². The second-order valence-corrected chi connectivity index (χ2v) is 7.13. The minimum absolute atomic E-state index is 0.288. The Kier molecular flexibility index (Phi) is 4.90. The largest absolute Gasteiger partial charge is 0.367 e. The van der Waals surface area contributed by atoms with Crippen LogP contribution in [-0.2, 0) is 4.84 Å². The molecule has 0 spiro atoms. The summed E-state index contributed by atoms with van der Waals surface area (Å²) in [5, 5.41) is 6.08. The zero-order valence-corrected chi connectivity index (χ0v) is 15.3. The van der Waals surface area contributed by atoms with E-state index in [9.17, 15) is 4.79 Å². The Balaban J connectivity index is 1.88. The molecule has 3 nitrogen and oxygen atoms in total. The van der Waals surface area contributed by atoms with Crippen molar-refractivity contribution in [1.82, 2.24) is 0 Å². The molecule has 6 heteroatoms. The van der Waals surface area contributed by atoms with E-state index in [0.717, 1.165) is 20.5 Å². The van der Waals surface area contributed by atoms with Crippen LogP contribution >= 0.6 is 34.5 Å². The van der Waals surface area contributed by atoms with Gasteiger partial charge in [-0.2, -0.15) is 0 Å². The number of carbonyl (C=O) groups excluding carboxylic acids is 1. The molecule has 1 heterocycles. The lowest BCUT2D eigenvalue weighted by molar-refractivity contribution is 0.0516. The van der Waals surface area contributed by atoms with Gasteiger partial charge in [-0.3, -0.25) is 0 Å². The molecule has 0 amide bonds. The van der Waals surface area contributed by atoms with E-state index in [1.165, 1.54) is 0 Å². The lowest BCUT2D eigenvalue weighted by atomic mass is 10.1. The number of nitrogens with zero attached hydrogens (tertiary/aromatic N) is 1. The summed E-state index contributed by atoms with van der Waals surface area (Å²) in [6.45, 7) is 3.80. The Morgan fingerprint density at radius 2 is 1.92 bits per heavy atom. The van der Waals surface area contributed by atoms with Crippen LogP contribution in [0, 0.1) is 6.92 Å². The van der Waals surface area contributed by atoms with Crippen LogP contribution in [0.5, 0.6) is 0 Å². The minimum atomic E-state index is -0.582. The van der Waals surface area contributed by atoms with E-state index in [1.54, 1.807) is 42.5 Å². The lowest BCUT2D eigenvalue weighted by Crippen LogP contribution is -2.04. The predicted molar refractivity (Wildman–Crippen MR) is 101 cm³/mol. The van der Waals surface area contributed by atoms with Crippen LogP contribution < -0.4 is 0 Å². The molecule has 3 aromatic rings. The summed E-state index contributed by atoms with van der Waals surface area (Å²) in [6.07, 6.45) is 0. The first-order valence-corrected chi connectivity index (χ1v) is 8.74. The molecule has 0 aliphatic rings. The van der Waals surface area contributed by atoms with Crippen LogP contribution in [0.4, 0.5) is 0 Å². The molecule has 0 N–H and O–H groups in total. The number of aryl methyl sites for hydroxylation is 1. The third-order valence-corrected chi connectivity index (χ3v) is 5.53. The number of benzene rings is 2. The second-order valence-electron chi connectivity index (χ2n) is 5.23. The lowest BCUT2D eigenvalue weighted by Gasteiger charge is -2.02. The maximum Gasteiger partial charge on any atom is 0.367 e. The van der Waals surface area contributed by atoms with Gasteiger partial charge in [-0.1, -0.05) is 40.5 Å². The summed E-state index contributed by atoms with van der Waals surface area (Å²) < 4.78 is 1.11. The fraction of sp³-hybridized carbons (Fsp3) is 0.111. The monoisotopic (exact) mass is 377 g/mol. The summed E-state index contributed by atoms with van der Waals surface area (Å²) in [5.41, 5.74) is 1.98. The molecule has 3 rings (SSSR count). The molecule has 0 aliphatic carbocycles. The summed E-state index contributed by atoms with van der Waals surface area (Å²) >= 11 is 13.6. The first-order valence-electron chi connectivity index (χ1n) is 7.17. The molecule has 0 bridgehead atoms. The Hall–Kier alpha value is -1.88. The number of thiophene rings is 1. The van der Waals surface area contributed by atoms with Crippen molar-refractivity contribution in [3.63, 3.8) is 0 Å². The topological polar surface area (TPSA) is 38.7 Å². The summed E-state index contributed by atoms with van der Waals surface area (Å²) in [6, 6.07) is 12.5. The van der Waals surface area contributed by atoms with Gasteiger partial charge in [0, 0.05) is 9.72 Å². The Labute approximate surface area is 153 Å². The van der Waals surface area contributed by atoms with E-state index in [4.69, 9.17) is 28.0 Å². The molecule has 0 saturated heterocycles. The van der Waals surface area contributed by atoms with Gasteiger partial charge >= 0.3 is 5.97 Å². The van der Waals surface area contributed by atoms with Crippen molar-refractivity contribution in [2.75, 3.05) is 0 Å². The maximum atomic E-state index is 12.1. The zero-order valence-electron chi connectivity index (χ0n) is 13.0. The molecule has 0 unspecified atom stereocenters. The molecule has 122 valence electrons. The average molecular weight is 378 g/mol. The average Bonchev–Trinajstić information content (AvgIpc) is 2.89. The molecular formula is C18H13Cl2NO2S. The van der Waals surface area contributed by atoms with Gasteiger partial charge in [0.2, 0.25) is 0 Å². The highest BCUT2D eigenvalue weighted by atomic mass is 35.5. The highest BCUT2D eigenvalue weighted by molar-refractivity contribution is 7.21. The van der Waals surface area contributed by atoms with Crippen molar-refractivity contribution in [3.8, 4) is 0 Å². The Morgan fingerprint density at radius 1 is 1.17 bits per heavy atom. The van der Waals surface area contributed by atoms with E-state index < -0.39 is 5.97 Å². The van der Waals surface area contributed by atoms with Gasteiger partial charge in [-0.15, -0.1) is 11.3 Å². The van der Waals surface area contributed by atoms with E-state index in [1.807, 2.05) is 25.1 Å². The van der Waals surface area contributed by atoms with Gasteiger partial charge in [0.1, 0.15) is 0 Å². The van der Waals surface area contributed by atoms with Gasteiger partial charge in [-0.05, 0) is 55.1 Å². The molecular weight excluding hydrogens is 365 g/mol. The zero-order chi connectivity index (χ0) is 17.3. The van der Waals surface area contributed by atoms with Gasteiger partial charge < -0.3 is 4.84 Å². The number of fused-ring (bicyclic) bond motifs is 1. The number of rotatable bonds is 3.